The molecule has 7 nitrogen and oxygen atoms in total. The average Bonchev–Trinajstić information content (AvgIpc) is 3.18. The topological polar surface area (TPSA) is 69.5 Å². The van der Waals surface area contributed by atoms with E-state index >= 15 is 0 Å². The largest absolute Gasteiger partial charge is 0.487 e. The van der Waals surface area contributed by atoms with Crippen molar-refractivity contribution < 1.29 is 23.1 Å². The summed E-state index contributed by atoms with van der Waals surface area (Å²) in [5, 5.41) is 7.56. The number of aromatic nitrogens is 3. The maximum atomic E-state index is 14.6. The monoisotopic (exact) mass is 430 g/mol. The zero-order valence-electron chi connectivity index (χ0n) is 17.3. The number of hydrogen-bond donors (Lipinski definition) is 0. The van der Waals surface area contributed by atoms with Gasteiger partial charge < -0.3 is 14.5 Å². The van der Waals surface area contributed by atoms with Crippen LogP contribution in [0.4, 0.5) is 8.78 Å². The van der Waals surface area contributed by atoms with E-state index in [1.54, 1.807) is 24.3 Å². The van der Waals surface area contributed by atoms with Crippen LogP contribution < -0.4 is 9.57 Å². The standard InChI is InChI=1S/C22H24F2N4O3/c1-2-3-10-27-11-8-15(9-12-27)30-21-14-17(23)16(13-18(21)24)22(29)31-28-20-7-5-4-6-19(20)25-26-28/h4-7,13-15H,2-3,8-12H2,1H3. The Labute approximate surface area is 178 Å². The summed E-state index contributed by atoms with van der Waals surface area (Å²) in [5.74, 6) is -3.02. The number of halogens is 2. The minimum atomic E-state index is -1.08. The number of carbonyl (C=O) groups excluding carboxylic acids is 1. The minimum absolute atomic E-state index is 0.189. The van der Waals surface area contributed by atoms with E-state index in [-0.39, 0.29) is 11.9 Å². The van der Waals surface area contributed by atoms with Crippen molar-refractivity contribution in [1.82, 2.24) is 20.1 Å². The number of nitrogens with zero attached hydrogens (tertiary/aromatic N) is 4. The number of para-hydroxylation sites is 1. The molecule has 0 atom stereocenters. The van der Waals surface area contributed by atoms with Gasteiger partial charge in [0.05, 0.1) is 0 Å². The lowest BCUT2D eigenvalue weighted by molar-refractivity contribution is 0.0402. The SMILES string of the molecule is CCCCN1CCC(Oc2cc(F)c(C(=O)On3nnc4ccccc43)cc2F)CC1. The second kappa shape index (κ2) is 9.38. The second-order valence-electron chi connectivity index (χ2n) is 7.60. The summed E-state index contributed by atoms with van der Waals surface area (Å²) in [6.45, 7) is 4.93. The third-order valence-corrected chi connectivity index (χ3v) is 5.39. The van der Waals surface area contributed by atoms with Crippen molar-refractivity contribution in [2.45, 2.75) is 38.7 Å². The molecule has 0 bridgehead atoms. The number of unbranched alkanes of at least 4 members (excludes halogenated alkanes) is 1. The van der Waals surface area contributed by atoms with Crippen LogP contribution in [0.2, 0.25) is 0 Å². The lowest BCUT2D eigenvalue weighted by Gasteiger charge is -2.32. The number of likely N-dealkylation sites (tertiary alicyclic amines) is 1. The first-order valence-corrected chi connectivity index (χ1v) is 10.5. The Kier molecular flexibility index (Phi) is 6.41. The Bertz CT molecular complexity index is 1060. The van der Waals surface area contributed by atoms with Crippen LogP contribution in [0.15, 0.2) is 36.4 Å². The lowest BCUT2D eigenvalue weighted by atomic mass is 10.1. The van der Waals surface area contributed by atoms with Crippen molar-refractivity contribution in [2.24, 2.45) is 0 Å². The molecular formula is C22H24F2N4O3. The zero-order chi connectivity index (χ0) is 21.8. The van der Waals surface area contributed by atoms with E-state index in [1.165, 1.54) is 0 Å². The number of ether oxygens (including phenoxy) is 1. The molecule has 0 unspecified atom stereocenters. The first-order chi connectivity index (χ1) is 15.0. The first kappa shape index (κ1) is 21.2. The predicted molar refractivity (Wildman–Crippen MR) is 110 cm³/mol. The molecule has 0 amide bonds. The number of benzene rings is 2. The van der Waals surface area contributed by atoms with Gasteiger partial charge in [-0.3, -0.25) is 0 Å². The number of hydrogen-bond acceptors (Lipinski definition) is 6. The highest BCUT2D eigenvalue weighted by atomic mass is 19.1. The van der Waals surface area contributed by atoms with Crippen LogP contribution in [0.25, 0.3) is 11.0 Å². The highest BCUT2D eigenvalue weighted by molar-refractivity contribution is 5.90. The van der Waals surface area contributed by atoms with Gasteiger partial charge in [0.25, 0.3) is 0 Å². The smallest absolute Gasteiger partial charge is 0.368 e. The molecule has 0 spiro atoms. The number of piperidine rings is 1. The Morgan fingerprint density at radius 2 is 1.94 bits per heavy atom. The van der Waals surface area contributed by atoms with E-state index < -0.39 is 23.2 Å². The fraction of sp³-hybridized carbons (Fsp3) is 0.409. The van der Waals surface area contributed by atoms with Crippen LogP contribution >= 0.6 is 0 Å². The van der Waals surface area contributed by atoms with Gasteiger partial charge in [0.15, 0.2) is 11.6 Å². The van der Waals surface area contributed by atoms with Gasteiger partial charge in [0.2, 0.25) is 0 Å². The third-order valence-electron chi connectivity index (χ3n) is 5.39. The van der Waals surface area contributed by atoms with E-state index in [4.69, 9.17) is 9.57 Å². The van der Waals surface area contributed by atoms with Crippen LogP contribution in [0.1, 0.15) is 43.0 Å². The summed E-state index contributed by atoms with van der Waals surface area (Å²) in [5.41, 5.74) is 0.396. The molecule has 31 heavy (non-hydrogen) atoms. The van der Waals surface area contributed by atoms with Crippen molar-refractivity contribution >= 4 is 17.0 Å². The molecule has 1 aliphatic heterocycles. The summed E-state index contributed by atoms with van der Waals surface area (Å²) in [4.78, 5) is 20.7. The molecule has 3 aromatic rings. The second-order valence-corrected chi connectivity index (χ2v) is 7.60. The van der Waals surface area contributed by atoms with Crippen molar-refractivity contribution in [3.05, 3.63) is 53.6 Å². The molecule has 1 aliphatic rings. The Morgan fingerprint density at radius 3 is 2.71 bits per heavy atom. The predicted octanol–water partition coefficient (Wildman–Crippen LogP) is 3.62. The summed E-state index contributed by atoms with van der Waals surface area (Å²) in [6.07, 6.45) is 3.59. The normalized spacial score (nSPS) is 15.3. The van der Waals surface area contributed by atoms with Crippen molar-refractivity contribution in [1.29, 1.82) is 0 Å². The van der Waals surface area contributed by atoms with Gasteiger partial charge in [-0.2, -0.15) is 0 Å². The molecular weight excluding hydrogens is 406 g/mol. The minimum Gasteiger partial charge on any atom is -0.487 e. The molecule has 0 N–H and O–H groups in total. The molecule has 0 aliphatic carbocycles. The quantitative estimate of drug-likeness (QED) is 0.534. The van der Waals surface area contributed by atoms with Crippen LogP contribution in [-0.4, -0.2) is 51.8 Å². The Hall–Kier alpha value is -3.07. The van der Waals surface area contributed by atoms with Gasteiger partial charge in [-0.1, -0.05) is 30.3 Å². The molecule has 0 saturated carbocycles. The Morgan fingerprint density at radius 1 is 1.16 bits per heavy atom. The fourth-order valence-electron chi connectivity index (χ4n) is 3.63. The van der Waals surface area contributed by atoms with Crippen molar-refractivity contribution in [2.75, 3.05) is 19.6 Å². The molecule has 0 radical (unpaired) electrons. The summed E-state index contributed by atoms with van der Waals surface area (Å²) < 4.78 is 34.9. The molecule has 1 aromatic heterocycles. The number of fused-ring (bicyclic) bond motifs is 1. The van der Waals surface area contributed by atoms with Gasteiger partial charge in [-0.25, -0.2) is 13.6 Å². The van der Waals surface area contributed by atoms with E-state index in [9.17, 15) is 13.6 Å². The van der Waals surface area contributed by atoms with Gasteiger partial charge in [-0.15, -0.1) is 5.10 Å². The molecule has 9 heteroatoms. The van der Waals surface area contributed by atoms with Crippen LogP contribution in [0.3, 0.4) is 0 Å². The highest BCUT2D eigenvalue weighted by Gasteiger charge is 2.24. The first-order valence-electron chi connectivity index (χ1n) is 10.5. The molecule has 2 heterocycles. The van der Waals surface area contributed by atoms with Gasteiger partial charge in [0.1, 0.15) is 28.5 Å². The molecule has 4 rings (SSSR count). The van der Waals surface area contributed by atoms with Crippen molar-refractivity contribution in [3.63, 3.8) is 0 Å². The molecule has 1 saturated heterocycles. The summed E-state index contributed by atoms with van der Waals surface area (Å²) >= 11 is 0. The maximum Gasteiger partial charge on any atom is 0.368 e. The van der Waals surface area contributed by atoms with Gasteiger partial charge >= 0.3 is 5.97 Å². The highest BCUT2D eigenvalue weighted by Crippen LogP contribution is 2.26. The maximum absolute atomic E-state index is 14.6. The van der Waals surface area contributed by atoms with Crippen LogP contribution in [0, 0.1) is 11.6 Å². The van der Waals surface area contributed by atoms with Crippen molar-refractivity contribution in [3.8, 4) is 5.75 Å². The van der Waals surface area contributed by atoms with E-state index in [2.05, 4.69) is 22.1 Å². The van der Waals surface area contributed by atoms with Gasteiger partial charge in [0, 0.05) is 19.2 Å². The number of carbonyl (C=O) groups is 1. The molecule has 2 aromatic carbocycles. The van der Waals surface area contributed by atoms with E-state index in [0.29, 0.717) is 11.0 Å². The Balaban J connectivity index is 1.42. The van der Waals surface area contributed by atoms with Crippen LogP contribution in [-0.2, 0) is 0 Å². The lowest BCUT2D eigenvalue weighted by Crippen LogP contribution is -2.38. The molecule has 1 fully saturated rings. The van der Waals surface area contributed by atoms with E-state index in [1.807, 2.05) is 0 Å². The fourth-order valence-corrected chi connectivity index (χ4v) is 3.63. The summed E-state index contributed by atoms with van der Waals surface area (Å²) in [6, 6.07) is 8.50. The van der Waals surface area contributed by atoms with Crippen LogP contribution in [0.5, 0.6) is 5.75 Å². The average molecular weight is 430 g/mol. The van der Waals surface area contributed by atoms with E-state index in [0.717, 1.165) is 62.3 Å². The van der Waals surface area contributed by atoms with Gasteiger partial charge in [-0.05, 0) is 49.2 Å². The summed E-state index contributed by atoms with van der Waals surface area (Å²) in [7, 11) is 0. The number of rotatable bonds is 7. The third kappa shape index (κ3) is 4.82. The zero-order valence-corrected chi connectivity index (χ0v) is 17.3. The molecule has 164 valence electrons.